The molecule has 2 N–H and O–H groups in total. The fourth-order valence-corrected chi connectivity index (χ4v) is 1.45. The summed E-state index contributed by atoms with van der Waals surface area (Å²) in [5.74, 6) is -1.17. The van der Waals surface area contributed by atoms with Crippen molar-refractivity contribution >= 4 is 18.0 Å². The lowest BCUT2D eigenvalue weighted by Gasteiger charge is -2.10. The molecule has 1 rings (SSSR count). The number of nitrogens with zero attached hydrogens (tertiary/aromatic N) is 1. The zero-order valence-electron chi connectivity index (χ0n) is 11.1. The first-order chi connectivity index (χ1) is 8.99. The van der Waals surface area contributed by atoms with Crippen molar-refractivity contribution in [3.8, 4) is 0 Å². The van der Waals surface area contributed by atoms with Crippen LogP contribution in [0.5, 0.6) is 0 Å². The second kappa shape index (κ2) is 7.33. The van der Waals surface area contributed by atoms with Crippen LogP contribution in [-0.2, 0) is 4.79 Å². The molecule has 1 amide bonds. The third-order valence-corrected chi connectivity index (χ3v) is 2.41. The number of carboxylic acids is 1. The largest absolute Gasteiger partial charge is 0.478 e. The standard InChI is InChI=1S/C14H18N2O3/c1-16(2)9-8-15-14(19)12-5-3-4-11(10-12)6-7-13(17)18/h3-7,10H,8-9H2,1-2H3,(H,15,19)(H,17,18). The zero-order valence-corrected chi connectivity index (χ0v) is 11.1. The van der Waals surface area contributed by atoms with Gasteiger partial charge in [-0.05, 0) is 37.9 Å². The molecule has 19 heavy (non-hydrogen) atoms. The average Bonchev–Trinajstić information content (AvgIpc) is 2.36. The summed E-state index contributed by atoms with van der Waals surface area (Å²) in [7, 11) is 3.87. The second-order valence-corrected chi connectivity index (χ2v) is 4.36. The highest BCUT2D eigenvalue weighted by atomic mass is 16.4. The number of aliphatic carboxylic acids is 1. The number of carbonyl (C=O) groups is 2. The number of hydrogen-bond donors (Lipinski definition) is 2. The molecule has 1 aromatic carbocycles. The highest BCUT2D eigenvalue weighted by Gasteiger charge is 2.04. The molecule has 102 valence electrons. The van der Waals surface area contributed by atoms with Crippen LogP contribution in [0.2, 0.25) is 0 Å². The van der Waals surface area contributed by atoms with Crippen molar-refractivity contribution in [3.05, 3.63) is 41.5 Å². The Morgan fingerprint density at radius 3 is 2.74 bits per heavy atom. The number of nitrogens with one attached hydrogen (secondary N) is 1. The summed E-state index contributed by atoms with van der Waals surface area (Å²) in [6.07, 6.45) is 2.50. The number of carboxylic acid groups (broad SMARTS) is 1. The number of amides is 1. The third-order valence-electron chi connectivity index (χ3n) is 2.41. The van der Waals surface area contributed by atoms with Gasteiger partial charge in [-0.3, -0.25) is 4.79 Å². The summed E-state index contributed by atoms with van der Waals surface area (Å²) < 4.78 is 0. The van der Waals surface area contributed by atoms with Crippen molar-refractivity contribution in [2.24, 2.45) is 0 Å². The van der Waals surface area contributed by atoms with Gasteiger partial charge in [0.2, 0.25) is 0 Å². The molecule has 0 radical (unpaired) electrons. The monoisotopic (exact) mass is 262 g/mol. The van der Waals surface area contributed by atoms with Crippen LogP contribution in [0.25, 0.3) is 6.08 Å². The fraction of sp³-hybridized carbons (Fsp3) is 0.286. The Balaban J connectivity index is 2.65. The van der Waals surface area contributed by atoms with Gasteiger partial charge in [-0.15, -0.1) is 0 Å². The van der Waals surface area contributed by atoms with Crippen LogP contribution in [0.4, 0.5) is 0 Å². The first kappa shape index (κ1) is 14.9. The molecule has 0 saturated carbocycles. The van der Waals surface area contributed by atoms with E-state index >= 15 is 0 Å². The maximum atomic E-state index is 11.8. The number of hydrogen-bond acceptors (Lipinski definition) is 3. The minimum absolute atomic E-state index is 0.160. The van der Waals surface area contributed by atoms with Gasteiger partial charge < -0.3 is 15.3 Å². The summed E-state index contributed by atoms with van der Waals surface area (Å²) in [6.45, 7) is 1.34. The topological polar surface area (TPSA) is 69.6 Å². The van der Waals surface area contributed by atoms with E-state index in [1.54, 1.807) is 24.3 Å². The van der Waals surface area contributed by atoms with E-state index in [1.807, 2.05) is 19.0 Å². The summed E-state index contributed by atoms with van der Waals surface area (Å²) >= 11 is 0. The Kier molecular flexibility index (Phi) is 5.75. The molecule has 0 spiro atoms. The van der Waals surface area contributed by atoms with Gasteiger partial charge in [0, 0.05) is 24.7 Å². The van der Waals surface area contributed by atoms with Gasteiger partial charge in [-0.1, -0.05) is 12.1 Å². The minimum atomic E-state index is -1.01. The van der Waals surface area contributed by atoms with Crippen LogP contribution >= 0.6 is 0 Å². The molecule has 0 unspecified atom stereocenters. The Hall–Kier alpha value is -2.14. The van der Waals surface area contributed by atoms with Crippen molar-refractivity contribution < 1.29 is 14.7 Å². The van der Waals surface area contributed by atoms with Crippen molar-refractivity contribution in [2.45, 2.75) is 0 Å². The van der Waals surface area contributed by atoms with Gasteiger partial charge in [0.05, 0.1) is 0 Å². The smallest absolute Gasteiger partial charge is 0.328 e. The first-order valence-electron chi connectivity index (χ1n) is 5.93. The number of benzene rings is 1. The van der Waals surface area contributed by atoms with Crippen LogP contribution < -0.4 is 5.32 Å². The highest BCUT2D eigenvalue weighted by Crippen LogP contribution is 2.07. The second-order valence-electron chi connectivity index (χ2n) is 4.36. The lowest BCUT2D eigenvalue weighted by molar-refractivity contribution is -0.131. The normalized spacial score (nSPS) is 10.9. The molecule has 0 saturated heterocycles. The Labute approximate surface area is 112 Å². The molecule has 5 heteroatoms. The van der Waals surface area contributed by atoms with Crippen molar-refractivity contribution in [3.63, 3.8) is 0 Å². The third kappa shape index (κ3) is 5.83. The molecule has 0 bridgehead atoms. The Bertz CT molecular complexity index is 481. The molecule has 0 aromatic heterocycles. The molecule has 5 nitrogen and oxygen atoms in total. The van der Waals surface area contributed by atoms with E-state index in [0.29, 0.717) is 17.7 Å². The molecule has 1 aromatic rings. The van der Waals surface area contributed by atoms with E-state index in [4.69, 9.17) is 5.11 Å². The number of likely N-dealkylation sites (N-methyl/N-ethyl adjacent to an activating group) is 1. The molecule has 0 aliphatic rings. The maximum absolute atomic E-state index is 11.8. The molecule has 0 heterocycles. The molecule has 0 fully saturated rings. The summed E-state index contributed by atoms with van der Waals surface area (Å²) in [6, 6.07) is 6.83. The quantitative estimate of drug-likeness (QED) is 0.753. The first-order valence-corrected chi connectivity index (χ1v) is 5.93. The molecular formula is C14H18N2O3. The van der Waals surface area contributed by atoms with Gasteiger partial charge in [0.1, 0.15) is 0 Å². The predicted molar refractivity (Wildman–Crippen MR) is 74.0 cm³/mol. The highest BCUT2D eigenvalue weighted by molar-refractivity contribution is 5.95. The van der Waals surface area contributed by atoms with Gasteiger partial charge in [-0.2, -0.15) is 0 Å². The van der Waals surface area contributed by atoms with Crippen LogP contribution in [-0.4, -0.2) is 49.1 Å². The summed E-state index contributed by atoms with van der Waals surface area (Å²) in [5, 5.41) is 11.4. The average molecular weight is 262 g/mol. The SMILES string of the molecule is CN(C)CCNC(=O)c1cccc(C=CC(=O)O)c1. The minimum Gasteiger partial charge on any atom is -0.478 e. The van der Waals surface area contributed by atoms with Crippen LogP contribution in [0.3, 0.4) is 0 Å². The van der Waals surface area contributed by atoms with E-state index in [-0.39, 0.29) is 5.91 Å². The molecular weight excluding hydrogens is 244 g/mol. The molecule has 0 atom stereocenters. The fourth-order valence-electron chi connectivity index (χ4n) is 1.45. The Morgan fingerprint density at radius 2 is 2.11 bits per heavy atom. The summed E-state index contributed by atoms with van der Waals surface area (Å²) in [4.78, 5) is 24.3. The van der Waals surface area contributed by atoms with E-state index in [9.17, 15) is 9.59 Å². The predicted octanol–water partition coefficient (Wildman–Crippen LogP) is 1.08. The van der Waals surface area contributed by atoms with Crippen LogP contribution in [0, 0.1) is 0 Å². The molecule has 0 aliphatic carbocycles. The van der Waals surface area contributed by atoms with Crippen LogP contribution in [0.15, 0.2) is 30.3 Å². The zero-order chi connectivity index (χ0) is 14.3. The Morgan fingerprint density at radius 1 is 1.37 bits per heavy atom. The van der Waals surface area contributed by atoms with E-state index in [2.05, 4.69) is 5.32 Å². The lowest BCUT2D eigenvalue weighted by Crippen LogP contribution is -2.31. The lowest BCUT2D eigenvalue weighted by atomic mass is 10.1. The van der Waals surface area contributed by atoms with Crippen molar-refractivity contribution in [1.82, 2.24) is 10.2 Å². The van der Waals surface area contributed by atoms with E-state index in [0.717, 1.165) is 12.6 Å². The van der Waals surface area contributed by atoms with Gasteiger partial charge in [-0.25, -0.2) is 4.79 Å². The molecule has 0 aliphatic heterocycles. The van der Waals surface area contributed by atoms with E-state index in [1.165, 1.54) is 6.08 Å². The maximum Gasteiger partial charge on any atom is 0.328 e. The van der Waals surface area contributed by atoms with Gasteiger partial charge >= 0.3 is 5.97 Å². The van der Waals surface area contributed by atoms with E-state index < -0.39 is 5.97 Å². The van der Waals surface area contributed by atoms with Crippen molar-refractivity contribution in [1.29, 1.82) is 0 Å². The van der Waals surface area contributed by atoms with Gasteiger partial charge in [0.15, 0.2) is 0 Å². The van der Waals surface area contributed by atoms with Gasteiger partial charge in [0.25, 0.3) is 5.91 Å². The number of rotatable bonds is 6. The van der Waals surface area contributed by atoms with Crippen molar-refractivity contribution in [2.75, 3.05) is 27.2 Å². The number of carbonyl (C=O) groups excluding carboxylic acids is 1. The summed E-state index contributed by atoms with van der Waals surface area (Å²) in [5.41, 5.74) is 1.20. The van der Waals surface area contributed by atoms with Crippen LogP contribution in [0.1, 0.15) is 15.9 Å².